The number of para-hydroxylation sites is 1. The van der Waals surface area contributed by atoms with Gasteiger partial charge in [-0.05, 0) is 63.1 Å². The van der Waals surface area contributed by atoms with Gasteiger partial charge < -0.3 is 24.8 Å². The van der Waals surface area contributed by atoms with Crippen LogP contribution in [0.2, 0.25) is 0 Å². The number of amides is 3. The first-order chi connectivity index (χ1) is 19.6. The highest BCUT2D eigenvalue weighted by molar-refractivity contribution is 5.86. The number of hydrogen-bond donors (Lipinski definition) is 1. The highest BCUT2D eigenvalue weighted by Crippen LogP contribution is 2.30. The fourth-order valence-corrected chi connectivity index (χ4v) is 6.83. The molecule has 1 N–H and O–H groups in total. The van der Waals surface area contributed by atoms with E-state index in [2.05, 4.69) is 16.3 Å². The molecule has 2 atom stereocenters. The molecule has 40 heavy (non-hydrogen) atoms. The van der Waals surface area contributed by atoms with Crippen molar-refractivity contribution in [1.82, 2.24) is 20.0 Å². The van der Waals surface area contributed by atoms with Crippen LogP contribution >= 0.6 is 0 Å². The van der Waals surface area contributed by atoms with Crippen molar-refractivity contribution in [3.63, 3.8) is 0 Å². The van der Waals surface area contributed by atoms with E-state index in [9.17, 15) is 14.4 Å². The molecule has 0 unspecified atom stereocenters. The van der Waals surface area contributed by atoms with Crippen LogP contribution in [0.5, 0.6) is 5.75 Å². The standard InChI is InChI=1S/C32H46N4O4/c37-30(33-15-19-34-16-6-7-17-34)21-26-14-18-35-22-27(26)12-8-20-40-29-13-5-4-11-28(29)23-36(24-31(35)38)32(39)25-9-2-1-3-10-25/h4-5,8,11-13,25-27H,1-3,6-7,9-10,14-24H2,(H,33,37)/b12-8-/t26-,27-/m0/s1. The SMILES string of the molecule is O=C(C[C@@H]1CCN2C[C@@H]1/C=C\COc1ccccc1CN(C(=O)C1CCCCC1)CC2=O)NCCN1CCCC1. The van der Waals surface area contributed by atoms with Gasteiger partial charge in [0.25, 0.3) is 0 Å². The zero-order chi connectivity index (χ0) is 27.7. The van der Waals surface area contributed by atoms with Crippen LogP contribution in [-0.4, -0.2) is 84.8 Å². The van der Waals surface area contributed by atoms with Gasteiger partial charge in [0.1, 0.15) is 18.9 Å². The number of benzene rings is 1. The summed E-state index contributed by atoms with van der Waals surface area (Å²) >= 11 is 0. The van der Waals surface area contributed by atoms with Gasteiger partial charge >= 0.3 is 0 Å². The summed E-state index contributed by atoms with van der Waals surface area (Å²) in [5.41, 5.74) is 0.925. The number of rotatable bonds is 6. The van der Waals surface area contributed by atoms with Gasteiger partial charge in [-0.25, -0.2) is 0 Å². The molecule has 1 saturated carbocycles. The summed E-state index contributed by atoms with van der Waals surface area (Å²) in [6.07, 6.45) is 13.0. The van der Waals surface area contributed by atoms with Crippen molar-refractivity contribution in [3.8, 4) is 5.75 Å². The minimum Gasteiger partial charge on any atom is -0.489 e. The Morgan fingerprint density at radius 3 is 2.58 bits per heavy atom. The van der Waals surface area contributed by atoms with Crippen LogP contribution in [0.25, 0.3) is 0 Å². The Morgan fingerprint density at radius 2 is 1.75 bits per heavy atom. The van der Waals surface area contributed by atoms with Crippen molar-refractivity contribution in [2.75, 3.05) is 52.4 Å². The van der Waals surface area contributed by atoms with Crippen molar-refractivity contribution in [2.24, 2.45) is 17.8 Å². The summed E-state index contributed by atoms with van der Waals surface area (Å²) in [6, 6.07) is 7.82. The lowest BCUT2D eigenvalue weighted by molar-refractivity contribution is -0.145. The van der Waals surface area contributed by atoms with Crippen LogP contribution in [0.3, 0.4) is 0 Å². The molecule has 1 aromatic carbocycles. The van der Waals surface area contributed by atoms with E-state index in [0.717, 1.165) is 63.1 Å². The van der Waals surface area contributed by atoms with Gasteiger partial charge in [0, 0.05) is 50.6 Å². The highest BCUT2D eigenvalue weighted by atomic mass is 16.5. The molecule has 0 radical (unpaired) electrons. The van der Waals surface area contributed by atoms with Gasteiger partial charge in [-0.3, -0.25) is 14.4 Å². The van der Waals surface area contributed by atoms with Crippen molar-refractivity contribution in [2.45, 2.75) is 64.3 Å². The summed E-state index contributed by atoms with van der Waals surface area (Å²) in [5, 5.41) is 3.12. The summed E-state index contributed by atoms with van der Waals surface area (Å²) in [6.45, 7) is 5.92. The number of hydrogen-bond acceptors (Lipinski definition) is 5. The number of carbonyl (C=O) groups excluding carboxylic acids is 3. The van der Waals surface area contributed by atoms with Gasteiger partial charge in [0.15, 0.2) is 0 Å². The number of likely N-dealkylation sites (tertiary alicyclic amines) is 1. The number of piperidine rings is 1. The molecule has 4 aliphatic rings. The van der Waals surface area contributed by atoms with Crippen LogP contribution in [0, 0.1) is 17.8 Å². The molecule has 2 bridgehead atoms. The van der Waals surface area contributed by atoms with E-state index in [1.54, 1.807) is 4.90 Å². The number of nitrogens with zero attached hydrogens (tertiary/aromatic N) is 3. The lowest BCUT2D eigenvalue weighted by Crippen LogP contribution is -2.49. The smallest absolute Gasteiger partial charge is 0.242 e. The molecule has 3 aliphatic heterocycles. The van der Waals surface area contributed by atoms with Crippen molar-refractivity contribution in [1.29, 1.82) is 0 Å². The minimum atomic E-state index is -0.00581. The summed E-state index contributed by atoms with van der Waals surface area (Å²) in [5.74, 6) is 1.16. The monoisotopic (exact) mass is 550 g/mol. The van der Waals surface area contributed by atoms with Crippen molar-refractivity contribution < 1.29 is 19.1 Å². The lowest BCUT2D eigenvalue weighted by atomic mass is 9.82. The first-order valence-corrected chi connectivity index (χ1v) is 15.5. The van der Waals surface area contributed by atoms with Gasteiger partial charge in [0.05, 0.1) is 0 Å². The van der Waals surface area contributed by atoms with E-state index in [0.29, 0.717) is 39.2 Å². The third-order valence-corrected chi connectivity index (χ3v) is 9.20. The maximum absolute atomic E-state index is 13.7. The predicted octanol–water partition coefficient (Wildman–Crippen LogP) is 3.61. The molecule has 0 spiro atoms. The molecule has 3 heterocycles. The van der Waals surface area contributed by atoms with E-state index in [4.69, 9.17) is 4.74 Å². The predicted molar refractivity (Wildman–Crippen MR) is 155 cm³/mol. The lowest BCUT2D eigenvalue weighted by Gasteiger charge is -2.38. The molecule has 5 rings (SSSR count). The summed E-state index contributed by atoms with van der Waals surface area (Å²) in [7, 11) is 0. The van der Waals surface area contributed by atoms with Gasteiger partial charge in [-0.15, -0.1) is 0 Å². The molecule has 3 amide bonds. The topological polar surface area (TPSA) is 82.2 Å². The largest absolute Gasteiger partial charge is 0.489 e. The Hall–Kier alpha value is -2.87. The van der Waals surface area contributed by atoms with E-state index >= 15 is 0 Å². The fourth-order valence-electron chi connectivity index (χ4n) is 6.83. The van der Waals surface area contributed by atoms with Crippen molar-refractivity contribution in [3.05, 3.63) is 42.0 Å². The number of ether oxygens (including phenoxy) is 1. The van der Waals surface area contributed by atoms with Crippen molar-refractivity contribution >= 4 is 17.7 Å². The van der Waals surface area contributed by atoms with E-state index in [1.807, 2.05) is 35.2 Å². The Bertz CT molecular complexity index is 1050. The molecule has 1 aliphatic carbocycles. The molecule has 1 aromatic rings. The Labute approximate surface area is 239 Å². The average molecular weight is 551 g/mol. The molecule has 3 fully saturated rings. The van der Waals surface area contributed by atoms with Gasteiger partial charge in [-0.1, -0.05) is 49.6 Å². The summed E-state index contributed by atoms with van der Waals surface area (Å²) in [4.78, 5) is 46.2. The third-order valence-electron chi connectivity index (χ3n) is 9.20. The fraction of sp³-hybridized carbons (Fsp3) is 0.656. The zero-order valence-corrected chi connectivity index (χ0v) is 23.9. The van der Waals surface area contributed by atoms with E-state index in [-0.39, 0.29) is 42.0 Å². The molecule has 8 heteroatoms. The normalized spacial score (nSPS) is 25.6. The Balaban J connectivity index is 1.27. The first-order valence-electron chi connectivity index (χ1n) is 15.5. The van der Waals surface area contributed by atoms with E-state index < -0.39 is 0 Å². The number of fused-ring (bicyclic) bond motifs is 3. The number of carbonyl (C=O) groups is 3. The number of nitrogens with one attached hydrogen (secondary N) is 1. The van der Waals surface area contributed by atoms with Gasteiger partial charge in [-0.2, -0.15) is 0 Å². The second-order valence-corrected chi connectivity index (χ2v) is 12.0. The Kier molecular flexibility index (Phi) is 10.1. The minimum absolute atomic E-state index is 0.00514. The van der Waals surface area contributed by atoms with Crippen LogP contribution in [-0.2, 0) is 20.9 Å². The molecular formula is C32H46N4O4. The van der Waals surface area contributed by atoms with Crippen LogP contribution in [0.4, 0.5) is 0 Å². The summed E-state index contributed by atoms with van der Waals surface area (Å²) < 4.78 is 6.15. The quantitative estimate of drug-likeness (QED) is 0.548. The van der Waals surface area contributed by atoms with E-state index in [1.165, 1.54) is 19.3 Å². The van der Waals surface area contributed by atoms with Crippen LogP contribution in [0.15, 0.2) is 36.4 Å². The molecule has 8 nitrogen and oxygen atoms in total. The Morgan fingerprint density at radius 1 is 0.950 bits per heavy atom. The zero-order valence-electron chi connectivity index (χ0n) is 23.9. The first kappa shape index (κ1) is 28.7. The second kappa shape index (κ2) is 14.2. The second-order valence-electron chi connectivity index (χ2n) is 12.0. The molecule has 0 aromatic heterocycles. The van der Waals surface area contributed by atoms with Crippen LogP contribution < -0.4 is 10.1 Å². The van der Waals surface area contributed by atoms with Crippen LogP contribution in [0.1, 0.15) is 63.4 Å². The maximum Gasteiger partial charge on any atom is 0.242 e. The molecule has 2 saturated heterocycles. The average Bonchev–Trinajstić information content (AvgIpc) is 3.49. The molecular weight excluding hydrogens is 504 g/mol. The van der Waals surface area contributed by atoms with Gasteiger partial charge in [0.2, 0.25) is 17.7 Å². The highest BCUT2D eigenvalue weighted by Gasteiger charge is 2.34. The maximum atomic E-state index is 13.7. The third kappa shape index (κ3) is 7.65. The molecule has 218 valence electrons.